The van der Waals surface area contributed by atoms with Crippen LogP contribution >= 0.6 is 0 Å². The van der Waals surface area contributed by atoms with Crippen LogP contribution in [0.15, 0.2) is 101 Å². The average molecular weight is 526 g/mol. The smallest absolute Gasteiger partial charge is 0.336 e. The summed E-state index contributed by atoms with van der Waals surface area (Å²) in [6.07, 6.45) is 0.959. The van der Waals surface area contributed by atoms with E-state index in [-0.39, 0.29) is 30.7 Å². The molecule has 3 aromatic rings. The van der Waals surface area contributed by atoms with Crippen LogP contribution in [-0.4, -0.2) is 37.2 Å². The van der Waals surface area contributed by atoms with Gasteiger partial charge >= 0.3 is 5.97 Å². The van der Waals surface area contributed by atoms with Gasteiger partial charge in [0.25, 0.3) is 0 Å². The molecule has 7 nitrogen and oxygen atoms in total. The lowest BCUT2D eigenvalue weighted by atomic mass is 9.71. The third-order valence-electron chi connectivity index (χ3n) is 7.19. The van der Waals surface area contributed by atoms with E-state index in [1.165, 1.54) is 0 Å². The summed E-state index contributed by atoms with van der Waals surface area (Å²) in [6.45, 7) is 2.09. The van der Waals surface area contributed by atoms with Crippen molar-refractivity contribution in [3.63, 3.8) is 0 Å². The number of nitrogens with one attached hydrogen (secondary N) is 1. The highest BCUT2D eigenvalue weighted by Crippen LogP contribution is 2.46. The van der Waals surface area contributed by atoms with Gasteiger partial charge in [-0.1, -0.05) is 42.5 Å². The number of Topliss-reactive ketones (excluding diaryl/α,β-unsaturated/α-hetero) is 1. The zero-order chi connectivity index (χ0) is 27.4. The van der Waals surface area contributed by atoms with Crippen molar-refractivity contribution in [1.29, 1.82) is 0 Å². The van der Waals surface area contributed by atoms with Crippen molar-refractivity contribution in [3.8, 4) is 17.2 Å². The van der Waals surface area contributed by atoms with Crippen LogP contribution in [0.5, 0.6) is 17.2 Å². The lowest BCUT2D eigenvalue weighted by Crippen LogP contribution is -2.36. The summed E-state index contributed by atoms with van der Waals surface area (Å²) in [5.74, 6) is 0.443. The highest BCUT2D eigenvalue weighted by molar-refractivity contribution is 6.04. The summed E-state index contributed by atoms with van der Waals surface area (Å²) in [6, 6.07) is 23.7. The third-order valence-corrected chi connectivity index (χ3v) is 7.19. The molecule has 0 radical (unpaired) electrons. The average Bonchev–Trinajstić information content (AvgIpc) is 2.95. The summed E-state index contributed by atoms with van der Waals surface area (Å²) in [5.41, 5.74) is 4.21. The number of hydrogen-bond acceptors (Lipinski definition) is 7. The first-order chi connectivity index (χ1) is 18.9. The first-order valence-corrected chi connectivity index (χ1v) is 13.0. The molecular formula is C32H31NO6. The highest BCUT2D eigenvalue weighted by atomic mass is 16.6. The fourth-order valence-electron chi connectivity index (χ4n) is 5.31. The lowest BCUT2D eigenvalue weighted by Gasteiger charge is -2.36. The van der Waals surface area contributed by atoms with Crippen molar-refractivity contribution in [1.82, 2.24) is 5.32 Å². The number of phenolic OH excluding ortho intramolecular Hbond substituents is 1. The van der Waals surface area contributed by atoms with Gasteiger partial charge in [-0.05, 0) is 66.8 Å². The number of para-hydroxylation sites is 1. The number of methoxy groups -OCH3 is 1. The summed E-state index contributed by atoms with van der Waals surface area (Å²) in [4.78, 5) is 27.1. The standard InChI is InChI=1S/C32H31NO6/c1-20-29(32(36)39-17-16-38-26-6-4-3-5-7-26)30(22-8-12-24(34)13-9-22)31-27(33-20)18-23(19-28(31)35)21-10-14-25(37-2)15-11-21/h3-15,23,30,33-34H,16-19H2,1-2H3/t23-,30+/m0/s1. The van der Waals surface area contributed by atoms with Crippen LogP contribution in [0.3, 0.4) is 0 Å². The highest BCUT2D eigenvalue weighted by Gasteiger charge is 2.41. The Morgan fingerprint density at radius 2 is 1.59 bits per heavy atom. The summed E-state index contributed by atoms with van der Waals surface area (Å²) in [5, 5.41) is 13.2. The third kappa shape index (κ3) is 5.67. The maximum Gasteiger partial charge on any atom is 0.336 e. The molecule has 2 N–H and O–H groups in total. The Kier molecular flexibility index (Phi) is 7.68. The molecular weight excluding hydrogens is 494 g/mol. The molecule has 2 atom stereocenters. The molecule has 1 aliphatic carbocycles. The Hall–Kier alpha value is -4.52. The van der Waals surface area contributed by atoms with E-state index in [0.717, 1.165) is 22.6 Å². The van der Waals surface area contributed by atoms with Crippen LogP contribution in [0, 0.1) is 0 Å². The molecule has 0 amide bonds. The van der Waals surface area contributed by atoms with E-state index in [1.807, 2.05) is 61.5 Å². The number of rotatable bonds is 8. The zero-order valence-corrected chi connectivity index (χ0v) is 22.0. The van der Waals surface area contributed by atoms with E-state index in [9.17, 15) is 14.7 Å². The van der Waals surface area contributed by atoms with Gasteiger partial charge in [0.05, 0.1) is 12.7 Å². The molecule has 39 heavy (non-hydrogen) atoms. The Morgan fingerprint density at radius 1 is 0.897 bits per heavy atom. The first-order valence-electron chi connectivity index (χ1n) is 13.0. The Labute approximate surface area is 227 Å². The SMILES string of the molecule is COc1ccc([C@@H]2CC(=O)C3=C(C2)NC(C)=C(C(=O)OCCOc2ccccc2)[C@H]3c2ccc(O)cc2)cc1. The number of ether oxygens (including phenoxy) is 3. The summed E-state index contributed by atoms with van der Waals surface area (Å²) in [7, 11) is 1.62. The maximum absolute atomic E-state index is 13.7. The van der Waals surface area contributed by atoms with Crippen molar-refractivity contribution in [3.05, 3.63) is 113 Å². The molecule has 5 rings (SSSR count). The van der Waals surface area contributed by atoms with Crippen LogP contribution < -0.4 is 14.8 Å². The second-order valence-electron chi connectivity index (χ2n) is 9.68. The van der Waals surface area contributed by atoms with Crippen LogP contribution in [0.2, 0.25) is 0 Å². The molecule has 0 aromatic heterocycles. The number of allylic oxidation sites excluding steroid dienone is 3. The number of phenols is 1. The van der Waals surface area contributed by atoms with E-state index >= 15 is 0 Å². The molecule has 200 valence electrons. The molecule has 0 unspecified atom stereocenters. The van der Waals surface area contributed by atoms with Gasteiger partial charge in [-0.25, -0.2) is 4.79 Å². The molecule has 3 aromatic carbocycles. The Bertz CT molecular complexity index is 1410. The molecule has 0 spiro atoms. The second kappa shape index (κ2) is 11.5. The van der Waals surface area contributed by atoms with Gasteiger partial charge in [0.2, 0.25) is 0 Å². The van der Waals surface area contributed by atoms with Crippen molar-refractivity contribution in [2.24, 2.45) is 0 Å². The van der Waals surface area contributed by atoms with Crippen LogP contribution in [-0.2, 0) is 14.3 Å². The quantitative estimate of drug-likeness (QED) is 0.301. The molecule has 1 heterocycles. The number of benzene rings is 3. The molecule has 0 saturated carbocycles. The topological polar surface area (TPSA) is 94.1 Å². The molecule has 7 heteroatoms. The normalized spacial score (nSPS) is 18.8. The fourth-order valence-corrected chi connectivity index (χ4v) is 5.31. The zero-order valence-electron chi connectivity index (χ0n) is 22.0. The molecule has 0 saturated heterocycles. The van der Waals surface area contributed by atoms with E-state index in [0.29, 0.717) is 35.4 Å². The number of dihydropyridines is 1. The van der Waals surface area contributed by atoms with Gasteiger partial charge in [-0.3, -0.25) is 4.79 Å². The van der Waals surface area contributed by atoms with Crippen LogP contribution in [0.1, 0.15) is 42.7 Å². The van der Waals surface area contributed by atoms with Crippen LogP contribution in [0.25, 0.3) is 0 Å². The maximum atomic E-state index is 13.7. The number of carbonyl (C=O) groups excluding carboxylic acids is 2. The fraction of sp³-hybridized carbons (Fsp3) is 0.250. The lowest BCUT2D eigenvalue weighted by molar-refractivity contribution is -0.140. The number of carbonyl (C=O) groups is 2. The van der Waals surface area contributed by atoms with Gasteiger partial charge in [-0.15, -0.1) is 0 Å². The minimum atomic E-state index is -0.603. The van der Waals surface area contributed by atoms with Crippen LogP contribution in [0.4, 0.5) is 0 Å². The van der Waals surface area contributed by atoms with Crippen molar-refractivity contribution >= 4 is 11.8 Å². The van der Waals surface area contributed by atoms with E-state index < -0.39 is 11.9 Å². The summed E-state index contributed by atoms with van der Waals surface area (Å²) >= 11 is 0. The summed E-state index contributed by atoms with van der Waals surface area (Å²) < 4.78 is 16.6. The monoisotopic (exact) mass is 525 g/mol. The number of ketones is 1. The van der Waals surface area contributed by atoms with Gasteiger partial charge < -0.3 is 24.6 Å². The molecule has 0 fully saturated rings. The first kappa shape index (κ1) is 26.1. The minimum absolute atomic E-state index is 0.00607. The predicted molar refractivity (Wildman–Crippen MR) is 147 cm³/mol. The van der Waals surface area contributed by atoms with Gasteiger partial charge in [0.1, 0.15) is 30.5 Å². The number of esters is 1. The molecule has 2 aliphatic rings. The van der Waals surface area contributed by atoms with Gasteiger partial charge in [0, 0.05) is 29.3 Å². The van der Waals surface area contributed by atoms with Crippen molar-refractivity contribution < 1.29 is 28.9 Å². The van der Waals surface area contributed by atoms with Crippen molar-refractivity contribution in [2.75, 3.05) is 20.3 Å². The van der Waals surface area contributed by atoms with E-state index in [1.54, 1.807) is 31.4 Å². The van der Waals surface area contributed by atoms with E-state index in [2.05, 4.69) is 5.32 Å². The number of aromatic hydroxyl groups is 1. The minimum Gasteiger partial charge on any atom is -0.508 e. The molecule has 1 aliphatic heterocycles. The largest absolute Gasteiger partial charge is 0.508 e. The number of hydrogen-bond donors (Lipinski definition) is 2. The Balaban J connectivity index is 1.40. The van der Waals surface area contributed by atoms with Crippen molar-refractivity contribution in [2.45, 2.75) is 31.6 Å². The molecule has 0 bridgehead atoms. The Morgan fingerprint density at radius 3 is 2.28 bits per heavy atom. The predicted octanol–water partition coefficient (Wildman–Crippen LogP) is 5.38. The second-order valence-corrected chi connectivity index (χ2v) is 9.68. The van der Waals surface area contributed by atoms with E-state index in [4.69, 9.17) is 14.2 Å². The van der Waals surface area contributed by atoms with Gasteiger partial charge in [0.15, 0.2) is 5.78 Å². The van der Waals surface area contributed by atoms with Gasteiger partial charge in [-0.2, -0.15) is 0 Å².